The third-order valence-electron chi connectivity index (χ3n) is 3.04. The zero-order valence-electron chi connectivity index (χ0n) is 9.76. The predicted octanol–water partition coefficient (Wildman–Crippen LogP) is 3.73. The SMILES string of the molecule is CCC(CC)(CCl)NCc1cncc(Br)c1. The maximum atomic E-state index is 6.03. The largest absolute Gasteiger partial charge is 0.306 e. The molecule has 0 aliphatic carbocycles. The number of alkyl halides is 1. The maximum Gasteiger partial charge on any atom is 0.0410 e. The summed E-state index contributed by atoms with van der Waals surface area (Å²) in [6, 6.07) is 2.07. The minimum absolute atomic E-state index is 0.0455. The Hall–Kier alpha value is -0.120. The molecule has 2 nitrogen and oxygen atoms in total. The number of nitrogens with one attached hydrogen (secondary N) is 1. The van der Waals surface area contributed by atoms with Gasteiger partial charge in [0, 0.05) is 34.8 Å². The van der Waals surface area contributed by atoms with Crippen molar-refractivity contribution in [1.82, 2.24) is 10.3 Å². The van der Waals surface area contributed by atoms with Crippen molar-refractivity contribution in [2.45, 2.75) is 38.8 Å². The molecule has 0 bridgehead atoms. The number of rotatable bonds is 6. The van der Waals surface area contributed by atoms with E-state index in [9.17, 15) is 0 Å². The molecule has 0 unspecified atom stereocenters. The van der Waals surface area contributed by atoms with E-state index in [0.717, 1.165) is 23.9 Å². The molecule has 0 atom stereocenters. The van der Waals surface area contributed by atoms with Crippen molar-refractivity contribution in [1.29, 1.82) is 0 Å². The second-order valence-corrected chi connectivity index (χ2v) is 5.17. The van der Waals surface area contributed by atoms with Crippen molar-refractivity contribution in [3.63, 3.8) is 0 Å². The quantitative estimate of drug-likeness (QED) is 0.810. The first-order valence-corrected chi connectivity index (χ1v) is 6.89. The molecule has 90 valence electrons. The second kappa shape index (κ2) is 6.58. The van der Waals surface area contributed by atoms with Gasteiger partial charge >= 0.3 is 0 Å². The highest BCUT2D eigenvalue weighted by atomic mass is 79.9. The van der Waals surface area contributed by atoms with E-state index in [0.29, 0.717) is 5.88 Å². The fourth-order valence-corrected chi connectivity index (χ4v) is 2.46. The fraction of sp³-hybridized carbons (Fsp3) is 0.583. The second-order valence-electron chi connectivity index (χ2n) is 3.99. The molecule has 1 aromatic rings. The summed E-state index contributed by atoms with van der Waals surface area (Å²) in [6.07, 6.45) is 5.74. The lowest BCUT2D eigenvalue weighted by Crippen LogP contribution is -2.45. The standard InChI is InChI=1S/C12H18BrClN2/c1-3-12(4-2,9-14)16-7-10-5-11(13)8-15-6-10/h5-6,8,16H,3-4,7,9H2,1-2H3. The van der Waals surface area contributed by atoms with Crippen LogP contribution in [0.5, 0.6) is 0 Å². The molecular formula is C12H18BrClN2. The minimum atomic E-state index is 0.0455. The van der Waals surface area contributed by atoms with Gasteiger partial charge in [-0.05, 0) is 40.4 Å². The van der Waals surface area contributed by atoms with E-state index in [2.05, 4.69) is 46.1 Å². The van der Waals surface area contributed by atoms with Gasteiger partial charge < -0.3 is 5.32 Å². The van der Waals surface area contributed by atoms with Crippen LogP contribution in [0.3, 0.4) is 0 Å². The van der Waals surface area contributed by atoms with Crippen LogP contribution in [0, 0.1) is 0 Å². The lowest BCUT2D eigenvalue weighted by molar-refractivity contribution is 0.334. The zero-order chi connectivity index (χ0) is 12.0. The molecule has 1 aromatic heterocycles. The smallest absolute Gasteiger partial charge is 0.0410 e. The average Bonchev–Trinajstić information content (AvgIpc) is 2.32. The summed E-state index contributed by atoms with van der Waals surface area (Å²) in [5.41, 5.74) is 1.22. The van der Waals surface area contributed by atoms with E-state index < -0.39 is 0 Å². The van der Waals surface area contributed by atoms with E-state index >= 15 is 0 Å². The Kier molecular flexibility index (Phi) is 5.73. The molecule has 0 aromatic carbocycles. The zero-order valence-corrected chi connectivity index (χ0v) is 12.1. The number of aromatic nitrogens is 1. The summed E-state index contributed by atoms with van der Waals surface area (Å²) in [6.45, 7) is 5.14. The predicted molar refractivity (Wildman–Crippen MR) is 72.8 cm³/mol. The molecule has 0 saturated heterocycles. The van der Waals surface area contributed by atoms with Crippen molar-refractivity contribution in [2.75, 3.05) is 5.88 Å². The molecule has 16 heavy (non-hydrogen) atoms. The third-order valence-corrected chi connectivity index (χ3v) is 3.98. The Bertz CT molecular complexity index is 318. The van der Waals surface area contributed by atoms with E-state index in [1.807, 2.05) is 6.20 Å². The number of pyridine rings is 1. The van der Waals surface area contributed by atoms with Crippen LogP contribution in [-0.2, 0) is 6.54 Å². The topological polar surface area (TPSA) is 24.9 Å². The molecule has 0 fully saturated rings. The first kappa shape index (κ1) is 13.9. The van der Waals surface area contributed by atoms with Crippen molar-refractivity contribution < 1.29 is 0 Å². The number of hydrogen-bond acceptors (Lipinski definition) is 2. The molecular weight excluding hydrogens is 288 g/mol. The van der Waals surface area contributed by atoms with Gasteiger partial charge in [-0.15, -0.1) is 11.6 Å². The van der Waals surface area contributed by atoms with Gasteiger partial charge in [0.05, 0.1) is 0 Å². The molecule has 0 spiro atoms. The van der Waals surface area contributed by atoms with Crippen LogP contribution in [0.1, 0.15) is 32.3 Å². The van der Waals surface area contributed by atoms with Crippen molar-refractivity contribution in [3.05, 3.63) is 28.5 Å². The Morgan fingerprint density at radius 3 is 2.56 bits per heavy atom. The summed E-state index contributed by atoms with van der Waals surface area (Å²) in [5.74, 6) is 0.640. The summed E-state index contributed by atoms with van der Waals surface area (Å²) < 4.78 is 1.01. The maximum absolute atomic E-state index is 6.03. The summed E-state index contributed by atoms with van der Waals surface area (Å²) in [4.78, 5) is 4.14. The Morgan fingerprint density at radius 2 is 2.06 bits per heavy atom. The van der Waals surface area contributed by atoms with Gasteiger partial charge in [0.2, 0.25) is 0 Å². The highest BCUT2D eigenvalue weighted by Crippen LogP contribution is 2.18. The van der Waals surface area contributed by atoms with Crippen LogP contribution in [0.2, 0.25) is 0 Å². The third kappa shape index (κ3) is 3.72. The van der Waals surface area contributed by atoms with Crippen LogP contribution in [0.25, 0.3) is 0 Å². The van der Waals surface area contributed by atoms with Gasteiger partial charge in [0.1, 0.15) is 0 Å². The normalized spacial score (nSPS) is 11.8. The van der Waals surface area contributed by atoms with Crippen molar-refractivity contribution >= 4 is 27.5 Å². The highest BCUT2D eigenvalue weighted by Gasteiger charge is 2.23. The van der Waals surface area contributed by atoms with Gasteiger partial charge in [0.25, 0.3) is 0 Å². The summed E-state index contributed by atoms with van der Waals surface area (Å²) in [5, 5.41) is 3.53. The Morgan fingerprint density at radius 1 is 1.38 bits per heavy atom. The van der Waals surface area contributed by atoms with Crippen molar-refractivity contribution in [2.24, 2.45) is 0 Å². The molecule has 0 aliphatic rings. The fourth-order valence-electron chi connectivity index (χ4n) is 1.58. The first-order chi connectivity index (χ1) is 7.65. The number of nitrogens with zero attached hydrogens (tertiary/aromatic N) is 1. The van der Waals surface area contributed by atoms with Gasteiger partial charge in [0.15, 0.2) is 0 Å². The Balaban J connectivity index is 2.62. The average molecular weight is 306 g/mol. The van der Waals surface area contributed by atoms with Crippen LogP contribution < -0.4 is 5.32 Å². The minimum Gasteiger partial charge on any atom is -0.306 e. The molecule has 1 heterocycles. The molecule has 0 radical (unpaired) electrons. The number of halogens is 2. The lowest BCUT2D eigenvalue weighted by Gasteiger charge is -2.30. The van der Waals surface area contributed by atoms with Crippen LogP contribution in [0.15, 0.2) is 22.9 Å². The molecule has 0 saturated carbocycles. The molecule has 0 amide bonds. The summed E-state index contributed by atoms with van der Waals surface area (Å²) in [7, 11) is 0. The van der Waals surface area contributed by atoms with Gasteiger partial charge in [-0.3, -0.25) is 4.98 Å². The first-order valence-electron chi connectivity index (χ1n) is 5.56. The number of hydrogen-bond donors (Lipinski definition) is 1. The summed E-state index contributed by atoms with van der Waals surface area (Å²) >= 11 is 9.45. The van der Waals surface area contributed by atoms with Gasteiger partial charge in [-0.1, -0.05) is 13.8 Å². The molecule has 0 aliphatic heterocycles. The highest BCUT2D eigenvalue weighted by molar-refractivity contribution is 9.10. The van der Waals surface area contributed by atoms with Gasteiger partial charge in [-0.2, -0.15) is 0 Å². The van der Waals surface area contributed by atoms with E-state index in [-0.39, 0.29) is 5.54 Å². The molecule has 1 rings (SSSR count). The van der Waals surface area contributed by atoms with E-state index in [1.165, 1.54) is 5.56 Å². The van der Waals surface area contributed by atoms with Gasteiger partial charge in [-0.25, -0.2) is 0 Å². The lowest BCUT2D eigenvalue weighted by atomic mass is 9.95. The molecule has 1 N–H and O–H groups in total. The Labute approximate surface area is 111 Å². The van der Waals surface area contributed by atoms with Crippen LogP contribution in [0.4, 0.5) is 0 Å². The molecule has 4 heteroatoms. The van der Waals surface area contributed by atoms with Crippen molar-refractivity contribution in [3.8, 4) is 0 Å². The monoisotopic (exact) mass is 304 g/mol. The van der Waals surface area contributed by atoms with Crippen LogP contribution >= 0.6 is 27.5 Å². The van der Waals surface area contributed by atoms with E-state index in [4.69, 9.17) is 11.6 Å². The van der Waals surface area contributed by atoms with Crippen LogP contribution in [-0.4, -0.2) is 16.4 Å². The van der Waals surface area contributed by atoms with E-state index in [1.54, 1.807) is 6.20 Å².